The predicted molar refractivity (Wildman–Crippen MR) is 64.0 cm³/mol. The summed E-state index contributed by atoms with van der Waals surface area (Å²) in [7, 11) is 1.77. The second-order valence-electron chi connectivity index (χ2n) is 4.49. The fraction of sp³-hybridized carbons (Fsp3) is 0.385. The zero-order valence-electron chi connectivity index (χ0n) is 10.2. The van der Waals surface area contributed by atoms with E-state index in [2.05, 4.69) is 0 Å². The van der Waals surface area contributed by atoms with Gasteiger partial charge in [0.05, 0.1) is 18.2 Å². The van der Waals surface area contributed by atoms with Gasteiger partial charge in [0, 0.05) is 26.7 Å². The van der Waals surface area contributed by atoms with E-state index in [0.29, 0.717) is 25.2 Å². The summed E-state index contributed by atoms with van der Waals surface area (Å²) >= 11 is 0. The molecule has 2 rings (SSSR count). The van der Waals surface area contributed by atoms with Crippen LogP contribution in [0.2, 0.25) is 0 Å². The van der Waals surface area contributed by atoms with Gasteiger partial charge in [0.2, 0.25) is 5.91 Å². The van der Waals surface area contributed by atoms with E-state index in [1.54, 1.807) is 18.0 Å². The number of benzene rings is 1. The van der Waals surface area contributed by atoms with E-state index in [0.717, 1.165) is 12.1 Å². The minimum absolute atomic E-state index is 0.0677. The summed E-state index contributed by atoms with van der Waals surface area (Å²) in [6.07, 6.45) is 0. The largest absolute Gasteiger partial charge is 0.343 e. The third-order valence-corrected chi connectivity index (χ3v) is 3.03. The Balaban J connectivity index is 2.08. The van der Waals surface area contributed by atoms with Crippen molar-refractivity contribution in [2.24, 2.45) is 0 Å². The molecule has 0 unspecified atom stereocenters. The summed E-state index contributed by atoms with van der Waals surface area (Å²) in [6.45, 7) is 2.28. The van der Waals surface area contributed by atoms with Crippen LogP contribution in [0.15, 0.2) is 18.2 Å². The van der Waals surface area contributed by atoms with Crippen LogP contribution in [-0.2, 0) is 11.3 Å². The standard InChI is InChI=1S/C13H14FN3O/c1-16-2-3-17(9-13(16)18)8-11-4-10(7-15)5-12(14)6-11/h4-6H,2-3,8-9H2,1H3. The Labute approximate surface area is 105 Å². The van der Waals surface area contributed by atoms with Gasteiger partial charge in [-0.05, 0) is 23.8 Å². The number of piperazine rings is 1. The molecule has 1 fully saturated rings. The van der Waals surface area contributed by atoms with Gasteiger partial charge in [-0.25, -0.2) is 4.39 Å². The lowest BCUT2D eigenvalue weighted by molar-refractivity contribution is -0.134. The topological polar surface area (TPSA) is 47.3 Å². The smallest absolute Gasteiger partial charge is 0.236 e. The van der Waals surface area contributed by atoms with E-state index >= 15 is 0 Å². The van der Waals surface area contributed by atoms with Crippen LogP contribution in [0.25, 0.3) is 0 Å². The van der Waals surface area contributed by atoms with Crippen molar-refractivity contribution in [1.82, 2.24) is 9.80 Å². The van der Waals surface area contributed by atoms with Gasteiger partial charge in [0.25, 0.3) is 0 Å². The molecule has 0 radical (unpaired) electrons. The molecule has 4 nitrogen and oxygen atoms in total. The van der Waals surface area contributed by atoms with Crippen LogP contribution in [0.5, 0.6) is 0 Å². The molecule has 0 atom stereocenters. The van der Waals surface area contributed by atoms with E-state index in [1.165, 1.54) is 12.1 Å². The summed E-state index contributed by atoms with van der Waals surface area (Å²) in [6, 6.07) is 6.20. The number of likely N-dealkylation sites (N-methyl/N-ethyl adjacent to an activating group) is 1. The number of carbonyl (C=O) groups excluding carboxylic acids is 1. The molecule has 5 heteroatoms. The molecule has 0 bridgehead atoms. The van der Waals surface area contributed by atoms with Crippen molar-refractivity contribution in [3.63, 3.8) is 0 Å². The van der Waals surface area contributed by atoms with Crippen LogP contribution in [-0.4, -0.2) is 42.4 Å². The number of rotatable bonds is 2. The van der Waals surface area contributed by atoms with Crippen molar-refractivity contribution in [1.29, 1.82) is 5.26 Å². The number of nitriles is 1. The second kappa shape index (κ2) is 5.15. The van der Waals surface area contributed by atoms with E-state index in [1.807, 2.05) is 11.0 Å². The predicted octanol–water partition coefficient (Wildman–Crippen LogP) is 0.971. The zero-order valence-corrected chi connectivity index (χ0v) is 10.2. The molecule has 1 aromatic carbocycles. The molecule has 1 aromatic rings. The summed E-state index contributed by atoms with van der Waals surface area (Å²) in [4.78, 5) is 15.2. The summed E-state index contributed by atoms with van der Waals surface area (Å²) in [5.41, 5.74) is 1.04. The fourth-order valence-corrected chi connectivity index (χ4v) is 2.01. The maximum absolute atomic E-state index is 13.3. The molecule has 0 spiro atoms. The molecule has 18 heavy (non-hydrogen) atoms. The van der Waals surface area contributed by atoms with Gasteiger partial charge in [-0.3, -0.25) is 9.69 Å². The van der Waals surface area contributed by atoms with Gasteiger partial charge in [-0.15, -0.1) is 0 Å². The number of nitrogens with zero attached hydrogens (tertiary/aromatic N) is 3. The molecule has 0 aromatic heterocycles. The molecule has 0 aliphatic carbocycles. The number of hydrogen-bond donors (Lipinski definition) is 0. The molecule has 1 saturated heterocycles. The minimum atomic E-state index is -0.412. The third kappa shape index (κ3) is 2.84. The Hall–Kier alpha value is -1.93. The van der Waals surface area contributed by atoms with Gasteiger partial charge >= 0.3 is 0 Å². The third-order valence-electron chi connectivity index (χ3n) is 3.03. The first-order valence-electron chi connectivity index (χ1n) is 5.74. The van der Waals surface area contributed by atoms with Crippen molar-refractivity contribution >= 4 is 5.91 Å². The Morgan fingerprint density at radius 3 is 2.83 bits per heavy atom. The second-order valence-corrected chi connectivity index (χ2v) is 4.49. The van der Waals surface area contributed by atoms with Gasteiger partial charge in [-0.2, -0.15) is 5.26 Å². The van der Waals surface area contributed by atoms with Crippen molar-refractivity contribution in [2.75, 3.05) is 26.7 Å². The molecule has 1 amide bonds. The normalized spacial score (nSPS) is 16.7. The highest BCUT2D eigenvalue weighted by Gasteiger charge is 2.20. The van der Waals surface area contributed by atoms with Gasteiger partial charge in [-0.1, -0.05) is 0 Å². The van der Waals surface area contributed by atoms with Crippen LogP contribution in [0.4, 0.5) is 4.39 Å². The lowest BCUT2D eigenvalue weighted by Gasteiger charge is -2.31. The molecule has 1 heterocycles. The van der Waals surface area contributed by atoms with E-state index in [-0.39, 0.29) is 5.91 Å². The highest BCUT2D eigenvalue weighted by atomic mass is 19.1. The zero-order chi connectivity index (χ0) is 13.1. The Morgan fingerprint density at radius 1 is 1.39 bits per heavy atom. The van der Waals surface area contributed by atoms with Crippen molar-refractivity contribution in [3.8, 4) is 6.07 Å². The molecule has 1 aliphatic heterocycles. The number of halogens is 1. The summed E-state index contributed by atoms with van der Waals surface area (Å²) in [5, 5.41) is 8.78. The molecule has 94 valence electrons. The average Bonchev–Trinajstić information content (AvgIpc) is 2.33. The molecule has 1 aliphatic rings. The molecule has 0 saturated carbocycles. The van der Waals surface area contributed by atoms with E-state index in [9.17, 15) is 9.18 Å². The highest BCUT2D eigenvalue weighted by molar-refractivity contribution is 5.78. The Bertz CT molecular complexity index is 509. The fourth-order valence-electron chi connectivity index (χ4n) is 2.01. The van der Waals surface area contributed by atoms with Crippen LogP contribution in [0.1, 0.15) is 11.1 Å². The van der Waals surface area contributed by atoms with Crippen LogP contribution in [0, 0.1) is 17.1 Å². The van der Waals surface area contributed by atoms with Crippen LogP contribution >= 0.6 is 0 Å². The van der Waals surface area contributed by atoms with Crippen molar-refractivity contribution in [2.45, 2.75) is 6.54 Å². The Kier molecular flexibility index (Phi) is 3.58. The molecular formula is C13H14FN3O. The van der Waals surface area contributed by atoms with Gasteiger partial charge in [0.1, 0.15) is 5.82 Å². The highest BCUT2D eigenvalue weighted by Crippen LogP contribution is 2.12. The number of carbonyl (C=O) groups is 1. The van der Waals surface area contributed by atoms with E-state index < -0.39 is 5.82 Å². The Morgan fingerprint density at radius 2 is 2.17 bits per heavy atom. The molecular weight excluding hydrogens is 233 g/mol. The van der Waals surface area contributed by atoms with Crippen molar-refractivity contribution < 1.29 is 9.18 Å². The van der Waals surface area contributed by atoms with Crippen molar-refractivity contribution in [3.05, 3.63) is 35.1 Å². The molecule has 0 N–H and O–H groups in total. The maximum Gasteiger partial charge on any atom is 0.236 e. The summed E-state index contributed by atoms with van der Waals surface area (Å²) < 4.78 is 13.3. The first-order valence-corrected chi connectivity index (χ1v) is 5.74. The number of amides is 1. The van der Waals surface area contributed by atoms with Gasteiger partial charge < -0.3 is 4.90 Å². The number of hydrogen-bond acceptors (Lipinski definition) is 3. The van der Waals surface area contributed by atoms with E-state index in [4.69, 9.17) is 5.26 Å². The average molecular weight is 247 g/mol. The lowest BCUT2D eigenvalue weighted by Crippen LogP contribution is -2.47. The quantitative estimate of drug-likeness (QED) is 0.782. The monoisotopic (exact) mass is 247 g/mol. The summed E-state index contributed by atoms with van der Waals surface area (Å²) in [5.74, 6) is -0.345. The maximum atomic E-state index is 13.3. The first kappa shape index (κ1) is 12.5. The lowest BCUT2D eigenvalue weighted by atomic mass is 10.1. The minimum Gasteiger partial charge on any atom is -0.343 e. The van der Waals surface area contributed by atoms with Crippen LogP contribution < -0.4 is 0 Å². The SMILES string of the molecule is CN1CCN(Cc2cc(F)cc(C#N)c2)CC1=O. The first-order chi connectivity index (χ1) is 8.58. The van der Waals surface area contributed by atoms with Crippen LogP contribution in [0.3, 0.4) is 0 Å². The van der Waals surface area contributed by atoms with Gasteiger partial charge in [0.15, 0.2) is 0 Å².